The number of thiophene rings is 1. The van der Waals surface area contributed by atoms with E-state index in [1.807, 2.05) is 24.3 Å². The number of hydrogen-bond acceptors (Lipinski definition) is 4. The Morgan fingerprint density at radius 1 is 1.19 bits per heavy atom. The van der Waals surface area contributed by atoms with Crippen molar-refractivity contribution < 1.29 is 4.74 Å². The molecule has 1 aromatic heterocycles. The largest absolute Gasteiger partial charge is 0.492 e. The van der Waals surface area contributed by atoms with Gasteiger partial charge in [-0.05, 0) is 48.7 Å². The Morgan fingerprint density at radius 2 is 1.93 bits per heavy atom. The number of nitrogens with one attached hydrogen (secondary N) is 1. The van der Waals surface area contributed by atoms with Gasteiger partial charge in [0.1, 0.15) is 12.4 Å². The van der Waals surface area contributed by atoms with Gasteiger partial charge in [0.2, 0.25) is 0 Å². The maximum absolute atomic E-state index is 5.92. The second kappa shape index (κ2) is 13.8. The molecule has 0 fully saturated rings. The number of benzene rings is 1. The minimum Gasteiger partial charge on any atom is -0.492 e. The second-order valence-electron chi connectivity index (χ2n) is 5.98. The Balaban J connectivity index is 0.00000364. The zero-order valence-corrected chi connectivity index (χ0v) is 19.3. The topological polar surface area (TPSA) is 62.9 Å². The molecule has 5 nitrogen and oxygen atoms in total. The number of nitrogens with two attached hydrogens (primary N) is 1. The van der Waals surface area contributed by atoms with Crippen molar-refractivity contribution in [2.45, 2.75) is 26.8 Å². The molecule has 0 aliphatic carbocycles. The smallest absolute Gasteiger partial charge is 0.188 e. The molecule has 1 heterocycles. The average molecular weight is 502 g/mol. The van der Waals surface area contributed by atoms with Crippen LogP contribution in [0.25, 0.3) is 0 Å². The predicted molar refractivity (Wildman–Crippen MR) is 126 cm³/mol. The lowest BCUT2D eigenvalue weighted by molar-refractivity contribution is 0.223. The van der Waals surface area contributed by atoms with E-state index in [0.29, 0.717) is 19.1 Å². The summed E-state index contributed by atoms with van der Waals surface area (Å²) in [5, 5.41) is 5.24. The monoisotopic (exact) mass is 502 g/mol. The summed E-state index contributed by atoms with van der Waals surface area (Å²) in [7, 11) is 0. The Hall–Kier alpha value is -1.32. The lowest BCUT2D eigenvalue weighted by atomic mass is 10.2. The van der Waals surface area contributed by atoms with Crippen LogP contribution >= 0.6 is 35.3 Å². The van der Waals surface area contributed by atoms with Crippen LogP contribution in [0.3, 0.4) is 0 Å². The zero-order chi connectivity index (χ0) is 18.6. The van der Waals surface area contributed by atoms with Gasteiger partial charge in [0, 0.05) is 18.0 Å². The third kappa shape index (κ3) is 9.44. The molecule has 0 spiro atoms. The van der Waals surface area contributed by atoms with Gasteiger partial charge < -0.3 is 20.7 Å². The molecule has 0 saturated carbocycles. The maximum atomic E-state index is 5.92. The van der Waals surface area contributed by atoms with Crippen molar-refractivity contribution >= 4 is 41.3 Å². The molecule has 0 saturated heterocycles. The molecule has 2 rings (SSSR count). The molecule has 0 bridgehead atoms. The SMILES string of the molecule is CCN(CC)CCOc1ccc(CN=C(N)NCCc2cccs2)cc1.I. The first-order valence-corrected chi connectivity index (χ1v) is 10.1. The van der Waals surface area contributed by atoms with Crippen molar-refractivity contribution in [3.05, 3.63) is 52.2 Å². The van der Waals surface area contributed by atoms with Gasteiger partial charge in [0.15, 0.2) is 5.96 Å². The molecule has 150 valence electrons. The summed E-state index contributed by atoms with van der Waals surface area (Å²) >= 11 is 1.76. The minimum absolute atomic E-state index is 0. The summed E-state index contributed by atoms with van der Waals surface area (Å²) < 4.78 is 5.80. The van der Waals surface area contributed by atoms with Crippen LogP contribution in [-0.4, -0.2) is 43.6 Å². The number of hydrogen-bond donors (Lipinski definition) is 2. The van der Waals surface area contributed by atoms with Crippen LogP contribution in [0.5, 0.6) is 5.75 Å². The molecule has 27 heavy (non-hydrogen) atoms. The van der Waals surface area contributed by atoms with Crippen molar-refractivity contribution in [1.29, 1.82) is 0 Å². The molecule has 2 aromatic rings. The van der Waals surface area contributed by atoms with Crippen LogP contribution in [0, 0.1) is 0 Å². The standard InChI is InChI=1S/C20H30N4OS.HI/c1-3-24(4-2)13-14-25-18-9-7-17(8-10-18)16-23-20(21)22-12-11-19-6-5-15-26-19;/h5-10,15H,3-4,11-14,16H2,1-2H3,(H3,21,22,23);1H. The summed E-state index contributed by atoms with van der Waals surface area (Å²) in [4.78, 5) is 8.08. The highest BCUT2D eigenvalue weighted by molar-refractivity contribution is 14.0. The lowest BCUT2D eigenvalue weighted by Gasteiger charge is -2.18. The molecule has 0 radical (unpaired) electrons. The van der Waals surface area contributed by atoms with Crippen molar-refractivity contribution in [2.24, 2.45) is 10.7 Å². The van der Waals surface area contributed by atoms with Crippen molar-refractivity contribution in [1.82, 2.24) is 10.2 Å². The van der Waals surface area contributed by atoms with Gasteiger partial charge in [-0.25, -0.2) is 4.99 Å². The van der Waals surface area contributed by atoms with E-state index in [0.717, 1.165) is 43.9 Å². The molecule has 0 atom stereocenters. The Kier molecular flexibility index (Phi) is 12.1. The second-order valence-corrected chi connectivity index (χ2v) is 7.01. The fourth-order valence-electron chi connectivity index (χ4n) is 2.52. The Morgan fingerprint density at radius 3 is 2.56 bits per heavy atom. The fraction of sp³-hybridized carbons (Fsp3) is 0.450. The first kappa shape index (κ1) is 23.7. The Labute approximate surface area is 184 Å². The number of ether oxygens (including phenoxy) is 1. The zero-order valence-electron chi connectivity index (χ0n) is 16.2. The molecule has 0 amide bonds. The summed E-state index contributed by atoms with van der Waals surface area (Å²) in [6.45, 7) is 9.47. The molecule has 0 unspecified atom stereocenters. The lowest BCUT2D eigenvalue weighted by Crippen LogP contribution is -2.33. The van der Waals surface area contributed by atoms with E-state index in [-0.39, 0.29) is 24.0 Å². The molecule has 7 heteroatoms. The number of halogens is 1. The van der Waals surface area contributed by atoms with Crippen molar-refractivity contribution in [3.63, 3.8) is 0 Å². The average Bonchev–Trinajstić information content (AvgIpc) is 3.18. The number of guanidine groups is 1. The van der Waals surface area contributed by atoms with Gasteiger partial charge in [-0.1, -0.05) is 32.0 Å². The first-order chi connectivity index (χ1) is 12.7. The third-order valence-electron chi connectivity index (χ3n) is 4.18. The Bertz CT molecular complexity index is 643. The van der Waals surface area contributed by atoms with E-state index < -0.39 is 0 Å². The number of rotatable bonds is 11. The first-order valence-electron chi connectivity index (χ1n) is 9.21. The van der Waals surface area contributed by atoms with Gasteiger partial charge in [0.05, 0.1) is 6.54 Å². The molecular formula is C20H31IN4OS. The van der Waals surface area contributed by atoms with E-state index in [1.165, 1.54) is 4.88 Å². The highest BCUT2D eigenvalue weighted by Gasteiger charge is 2.00. The highest BCUT2D eigenvalue weighted by Crippen LogP contribution is 2.13. The highest BCUT2D eigenvalue weighted by atomic mass is 127. The van der Waals surface area contributed by atoms with Crippen LogP contribution in [0.4, 0.5) is 0 Å². The molecule has 0 aliphatic rings. The summed E-state index contributed by atoms with van der Waals surface area (Å²) in [6, 6.07) is 12.3. The van der Waals surface area contributed by atoms with E-state index in [4.69, 9.17) is 10.5 Å². The third-order valence-corrected chi connectivity index (χ3v) is 5.12. The van der Waals surface area contributed by atoms with Gasteiger partial charge >= 0.3 is 0 Å². The molecule has 0 aliphatic heterocycles. The number of likely N-dealkylation sites (N-methyl/N-ethyl adjacent to an activating group) is 1. The summed E-state index contributed by atoms with van der Waals surface area (Å²) in [5.74, 6) is 1.38. The van der Waals surface area contributed by atoms with Crippen LogP contribution in [0.1, 0.15) is 24.3 Å². The van der Waals surface area contributed by atoms with E-state index in [9.17, 15) is 0 Å². The quantitative estimate of drug-likeness (QED) is 0.279. The molecular weight excluding hydrogens is 471 g/mol. The molecule has 3 N–H and O–H groups in total. The fourth-order valence-corrected chi connectivity index (χ4v) is 3.23. The van der Waals surface area contributed by atoms with Gasteiger partial charge in [0.25, 0.3) is 0 Å². The van der Waals surface area contributed by atoms with Crippen LogP contribution in [0.15, 0.2) is 46.8 Å². The van der Waals surface area contributed by atoms with Crippen LogP contribution < -0.4 is 15.8 Å². The minimum atomic E-state index is 0. The summed E-state index contributed by atoms with van der Waals surface area (Å²) in [6.07, 6.45) is 0.966. The van der Waals surface area contributed by atoms with Crippen LogP contribution in [-0.2, 0) is 13.0 Å². The maximum Gasteiger partial charge on any atom is 0.188 e. The van der Waals surface area contributed by atoms with Gasteiger partial charge in [-0.3, -0.25) is 0 Å². The summed E-state index contributed by atoms with van der Waals surface area (Å²) in [5.41, 5.74) is 7.04. The van der Waals surface area contributed by atoms with Gasteiger partial charge in [-0.2, -0.15) is 0 Å². The van der Waals surface area contributed by atoms with Crippen molar-refractivity contribution in [3.8, 4) is 5.75 Å². The van der Waals surface area contributed by atoms with E-state index in [1.54, 1.807) is 11.3 Å². The van der Waals surface area contributed by atoms with Crippen molar-refractivity contribution in [2.75, 3.05) is 32.8 Å². The van der Waals surface area contributed by atoms with E-state index >= 15 is 0 Å². The predicted octanol–water partition coefficient (Wildman–Crippen LogP) is 3.73. The number of nitrogens with zero attached hydrogens (tertiary/aromatic N) is 2. The molecule has 1 aromatic carbocycles. The van der Waals surface area contributed by atoms with E-state index in [2.05, 4.69) is 46.6 Å². The van der Waals surface area contributed by atoms with Crippen LogP contribution in [0.2, 0.25) is 0 Å². The van der Waals surface area contributed by atoms with Gasteiger partial charge in [-0.15, -0.1) is 35.3 Å². The number of aliphatic imine (C=N–C) groups is 1. The normalized spacial score (nSPS) is 11.3.